The van der Waals surface area contributed by atoms with Crippen LogP contribution >= 0.6 is 0 Å². The molecule has 16 heavy (non-hydrogen) atoms. The third-order valence-electron chi connectivity index (χ3n) is 1.97. The summed E-state index contributed by atoms with van der Waals surface area (Å²) in [6.45, 7) is 2.24. The van der Waals surface area contributed by atoms with Crippen LogP contribution in [0.3, 0.4) is 0 Å². The van der Waals surface area contributed by atoms with Crippen LogP contribution in [-0.2, 0) is 0 Å². The van der Waals surface area contributed by atoms with E-state index in [4.69, 9.17) is 5.73 Å². The van der Waals surface area contributed by atoms with Gasteiger partial charge in [0.1, 0.15) is 5.75 Å². The number of alkyl halides is 3. The molecule has 0 amide bonds. The summed E-state index contributed by atoms with van der Waals surface area (Å²) in [5.74, 6) is -0.225. The Labute approximate surface area is 91.5 Å². The van der Waals surface area contributed by atoms with E-state index in [1.165, 1.54) is 12.1 Å². The Morgan fingerprint density at radius 2 is 1.88 bits per heavy atom. The normalized spacial score (nSPS) is 12.7. The zero-order valence-electron chi connectivity index (χ0n) is 8.71. The second-order valence-corrected chi connectivity index (χ2v) is 3.20. The molecule has 1 aromatic carbocycles. The van der Waals surface area contributed by atoms with Crippen LogP contribution in [0.15, 0.2) is 30.3 Å². The maximum absolute atomic E-state index is 11.9. The van der Waals surface area contributed by atoms with Crippen molar-refractivity contribution in [2.24, 2.45) is 5.73 Å². The van der Waals surface area contributed by atoms with Gasteiger partial charge in [0.2, 0.25) is 0 Å². The Morgan fingerprint density at radius 1 is 1.31 bits per heavy atom. The SMILES string of the molecule is CC(=CCN)c1ccc(OC(F)(F)F)cc1. The van der Waals surface area contributed by atoms with E-state index in [1.54, 1.807) is 18.2 Å². The van der Waals surface area contributed by atoms with Gasteiger partial charge < -0.3 is 10.5 Å². The summed E-state index contributed by atoms with van der Waals surface area (Å²) >= 11 is 0. The van der Waals surface area contributed by atoms with Gasteiger partial charge in [-0.25, -0.2) is 0 Å². The molecule has 0 bridgehead atoms. The van der Waals surface area contributed by atoms with Crippen LogP contribution in [0.25, 0.3) is 5.57 Å². The topological polar surface area (TPSA) is 35.2 Å². The maximum Gasteiger partial charge on any atom is 0.573 e. The van der Waals surface area contributed by atoms with Gasteiger partial charge in [-0.1, -0.05) is 18.2 Å². The van der Waals surface area contributed by atoms with Crippen molar-refractivity contribution in [1.29, 1.82) is 0 Å². The monoisotopic (exact) mass is 231 g/mol. The summed E-state index contributed by atoms with van der Waals surface area (Å²) in [4.78, 5) is 0. The molecule has 0 spiro atoms. The van der Waals surface area contributed by atoms with Crippen LogP contribution in [0.4, 0.5) is 13.2 Å². The predicted molar refractivity (Wildman–Crippen MR) is 55.8 cm³/mol. The van der Waals surface area contributed by atoms with Crippen LogP contribution in [0, 0.1) is 0 Å². The summed E-state index contributed by atoms with van der Waals surface area (Å²) in [5.41, 5.74) is 7.07. The molecule has 0 radical (unpaired) electrons. The summed E-state index contributed by atoms with van der Waals surface area (Å²) in [6.07, 6.45) is -2.86. The van der Waals surface area contributed by atoms with Crippen molar-refractivity contribution in [2.45, 2.75) is 13.3 Å². The van der Waals surface area contributed by atoms with Crippen molar-refractivity contribution in [1.82, 2.24) is 0 Å². The molecule has 2 nitrogen and oxygen atoms in total. The first kappa shape index (κ1) is 12.6. The molecule has 0 saturated heterocycles. The minimum atomic E-state index is -4.65. The first-order chi connectivity index (χ1) is 7.42. The highest BCUT2D eigenvalue weighted by atomic mass is 19.4. The van der Waals surface area contributed by atoms with Gasteiger partial charge >= 0.3 is 6.36 Å². The quantitative estimate of drug-likeness (QED) is 0.868. The lowest BCUT2D eigenvalue weighted by Gasteiger charge is -2.09. The molecule has 1 rings (SSSR count). The lowest BCUT2D eigenvalue weighted by atomic mass is 10.1. The molecule has 0 aliphatic carbocycles. The van der Waals surface area contributed by atoms with Gasteiger partial charge in [0.25, 0.3) is 0 Å². The van der Waals surface area contributed by atoms with E-state index in [9.17, 15) is 13.2 Å². The van der Waals surface area contributed by atoms with Crippen LogP contribution in [-0.4, -0.2) is 12.9 Å². The Morgan fingerprint density at radius 3 is 2.31 bits per heavy atom. The fourth-order valence-electron chi connectivity index (χ4n) is 1.21. The van der Waals surface area contributed by atoms with Crippen LogP contribution in [0.2, 0.25) is 0 Å². The highest BCUT2D eigenvalue weighted by molar-refractivity contribution is 5.64. The maximum atomic E-state index is 11.9. The standard InChI is InChI=1S/C11H12F3NO/c1-8(6-7-15)9-2-4-10(5-3-9)16-11(12,13)14/h2-6H,7,15H2,1H3. The molecular formula is C11H12F3NO. The second-order valence-electron chi connectivity index (χ2n) is 3.20. The van der Waals surface area contributed by atoms with Gasteiger partial charge in [0.15, 0.2) is 0 Å². The van der Waals surface area contributed by atoms with E-state index in [0.29, 0.717) is 6.54 Å². The van der Waals surface area contributed by atoms with E-state index in [-0.39, 0.29) is 5.75 Å². The van der Waals surface area contributed by atoms with Gasteiger partial charge in [-0.05, 0) is 30.2 Å². The summed E-state index contributed by atoms with van der Waals surface area (Å²) in [6, 6.07) is 5.67. The second kappa shape index (κ2) is 5.03. The Bertz CT molecular complexity index is 368. The molecule has 0 aromatic heterocycles. The molecule has 1 aromatic rings. The van der Waals surface area contributed by atoms with Crippen molar-refractivity contribution < 1.29 is 17.9 Å². The largest absolute Gasteiger partial charge is 0.573 e. The fourth-order valence-corrected chi connectivity index (χ4v) is 1.21. The number of halogens is 3. The van der Waals surface area contributed by atoms with Crippen LogP contribution in [0.1, 0.15) is 12.5 Å². The third kappa shape index (κ3) is 3.94. The molecule has 0 aliphatic heterocycles. The van der Waals surface area contributed by atoms with E-state index in [2.05, 4.69) is 4.74 Å². The number of hydrogen-bond acceptors (Lipinski definition) is 2. The summed E-state index contributed by atoms with van der Waals surface area (Å²) < 4.78 is 39.4. The zero-order valence-corrected chi connectivity index (χ0v) is 8.71. The van der Waals surface area contributed by atoms with Gasteiger partial charge in [-0.2, -0.15) is 0 Å². The highest BCUT2D eigenvalue weighted by Crippen LogP contribution is 2.24. The average molecular weight is 231 g/mol. The first-order valence-electron chi connectivity index (χ1n) is 4.65. The van der Waals surface area contributed by atoms with Gasteiger partial charge in [0, 0.05) is 6.54 Å². The van der Waals surface area contributed by atoms with Crippen molar-refractivity contribution >= 4 is 5.57 Å². The van der Waals surface area contributed by atoms with E-state index >= 15 is 0 Å². The number of benzene rings is 1. The Kier molecular flexibility index (Phi) is 3.95. The lowest BCUT2D eigenvalue weighted by Crippen LogP contribution is -2.16. The van der Waals surface area contributed by atoms with E-state index in [1.807, 2.05) is 6.92 Å². The molecular weight excluding hydrogens is 219 g/mol. The Hall–Kier alpha value is -1.49. The summed E-state index contributed by atoms with van der Waals surface area (Å²) in [5, 5.41) is 0. The van der Waals surface area contributed by atoms with Crippen LogP contribution < -0.4 is 10.5 Å². The smallest absolute Gasteiger partial charge is 0.406 e. The Balaban J connectivity index is 2.79. The molecule has 5 heteroatoms. The van der Waals surface area contributed by atoms with Gasteiger partial charge in [-0.3, -0.25) is 0 Å². The molecule has 0 heterocycles. The minimum Gasteiger partial charge on any atom is -0.406 e. The molecule has 2 N–H and O–H groups in total. The van der Waals surface area contributed by atoms with Crippen molar-refractivity contribution in [2.75, 3.05) is 6.54 Å². The zero-order chi connectivity index (χ0) is 12.2. The van der Waals surface area contributed by atoms with Gasteiger partial charge in [-0.15, -0.1) is 13.2 Å². The number of nitrogens with two attached hydrogens (primary N) is 1. The molecule has 0 aliphatic rings. The van der Waals surface area contributed by atoms with E-state index < -0.39 is 6.36 Å². The van der Waals surface area contributed by atoms with Crippen LogP contribution in [0.5, 0.6) is 5.75 Å². The third-order valence-corrected chi connectivity index (χ3v) is 1.97. The molecule has 0 saturated carbocycles. The average Bonchev–Trinajstić information content (AvgIpc) is 2.16. The predicted octanol–water partition coefficient (Wildman–Crippen LogP) is 2.95. The first-order valence-corrected chi connectivity index (χ1v) is 4.65. The number of allylic oxidation sites excluding steroid dienone is 1. The molecule has 0 fully saturated rings. The van der Waals surface area contributed by atoms with E-state index in [0.717, 1.165) is 11.1 Å². The molecule has 88 valence electrons. The molecule has 0 unspecified atom stereocenters. The fraction of sp³-hybridized carbons (Fsp3) is 0.273. The minimum absolute atomic E-state index is 0.225. The highest BCUT2D eigenvalue weighted by Gasteiger charge is 2.30. The van der Waals surface area contributed by atoms with Crippen molar-refractivity contribution in [3.8, 4) is 5.75 Å². The van der Waals surface area contributed by atoms with Crippen molar-refractivity contribution in [3.63, 3.8) is 0 Å². The number of ether oxygens (including phenoxy) is 1. The summed E-state index contributed by atoms with van der Waals surface area (Å²) in [7, 11) is 0. The van der Waals surface area contributed by atoms with Gasteiger partial charge in [0.05, 0.1) is 0 Å². The number of hydrogen-bond donors (Lipinski definition) is 1. The number of rotatable bonds is 3. The van der Waals surface area contributed by atoms with Crippen molar-refractivity contribution in [3.05, 3.63) is 35.9 Å². The molecule has 0 atom stereocenters. The lowest BCUT2D eigenvalue weighted by molar-refractivity contribution is -0.274.